The third-order valence-electron chi connectivity index (χ3n) is 4.47. The van der Waals surface area contributed by atoms with E-state index in [9.17, 15) is 28.1 Å². The smallest absolute Gasteiger partial charge is 0.379 e. The molecule has 0 saturated carbocycles. The molecule has 1 amide bonds. The van der Waals surface area contributed by atoms with Crippen molar-refractivity contribution in [3.63, 3.8) is 0 Å². The van der Waals surface area contributed by atoms with Crippen molar-refractivity contribution >= 4 is 23.0 Å². The Hall–Kier alpha value is -3.30. The van der Waals surface area contributed by atoms with E-state index in [-0.39, 0.29) is 24.6 Å². The van der Waals surface area contributed by atoms with Crippen LogP contribution in [-0.2, 0) is 17.5 Å². The Balaban J connectivity index is 1.94. The number of nitro benzene ring substituents is 1. The van der Waals surface area contributed by atoms with E-state index in [1.807, 2.05) is 43.3 Å². The number of rotatable bonds is 8. The van der Waals surface area contributed by atoms with Crippen LogP contribution >= 0.6 is 0 Å². The Labute approximate surface area is 172 Å². The van der Waals surface area contributed by atoms with E-state index >= 15 is 0 Å². The topological polar surface area (TPSA) is 78.7 Å². The first-order valence-electron chi connectivity index (χ1n) is 9.08. The number of nitrogens with one attached hydrogen (secondary N) is 1. The molecule has 2 rings (SSSR count). The molecule has 0 aromatic heterocycles. The van der Waals surface area contributed by atoms with E-state index in [0.717, 1.165) is 23.4 Å². The molecule has 0 aliphatic heterocycles. The lowest BCUT2D eigenvalue weighted by Gasteiger charge is -2.19. The van der Waals surface area contributed by atoms with Crippen LogP contribution in [0.3, 0.4) is 0 Å². The lowest BCUT2D eigenvalue weighted by molar-refractivity contribution is -0.384. The summed E-state index contributed by atoms with van der Waals surface area (Å²) < 4.78 is 38.3. The number of hydrogen-bond acceptors (Lipinski definition) is 5. The minimum atomic E-state index is -4.67. The van der Waals surface area contributed by atoms with Crippen LogP contribution in [0.2, 0.25) is 0 Å². The molecule has 0 unspecified atom stereocenters. The minimum Gasteiger partial charge on any atom is -0.379 e. The van der Waals surface area contributed by atoms with Crippen molar-refractivity contribution in [1.29, 1.82) is 0 Å². The van der Waals surface area contributed by atoms with Crippen molar-refractivity contribution in [3.8, 4) is 0 Å². The highest BCUT2D eigenvalue weighted by Gasteiger charge is 2.33. The van der Waals surface area contributed by atoms with Crippen LogP contribution in [0.25, 0.3) is 0 Å². The van der Waals surface area contributed by atoms with Gasteiger partial charge in [0.1, 0.15) is 5.69 Å². The molecule has 2 aromatic carbocycles. The minimum absolute atomic E-state index is 0.0322. The molecule has 30 heavy (non-hydrogen) atoms. The fourth-order valence-electron chi connectivity index (χ4n) is 2.77. The Kier molecular flexibility index (Phi) is 7.25. The van der Waals surface area contributed by atoms with Gasteiger partial charge in [-0.2, -0.15) is 13.2 Å². The van der Waals surface area contributed by atoms with Crippen molar-refractivity contribution in [2.24, 2.45) is 0 Å². The number of carbonyl (C=O) groups excluding carboxylic acids is 1. The monoisotopic (exact) mass is 424 g/mol. The average molecular weight is 424 g/mol. The highest BCUT2D eigenvalue weighted by atomic mass is 19.4. The van der Waals surface area contributed by atoms with Crippen molar-refractivity contribution in [1.82, 2.24) is 4.90 Å². The maximum atomic E-state index is 12.8. The Bertz CT molecular complexity index is 899. The second kappa shape index (κ2) is 9.47. The average Bonchev–Trinajstić information content (AvgIpc) is 2.67. The molecule has 0 fully saturated rings. The molecule has 0 spiro atoms. The molecule has 0 bridgehead atoms. The largest absolute Gasteiger partial charge is 0.416 e. The van der Waals surface area contributed by atoms with E-state index in [0.29, 0.717) is 12.6 Å². The maximum Gasteiger partial charge on any atom is 0.416 e. The SMILES string of the molecule is CN(Cc1ccc(N(C)C)cc1)C(=O)CCNc1ccc(C(F)(F)F)cc1[N+](=O)[O-]. The molecule has 0 atom stereocenters. The van der Waals surface area contributed by atoms with E-state index in [4.69, 9.17) is 0 Å². The first-order valence-corrected chi connectivity index (χ1v) is 9.08. The van der Waals surface area contributed by atoms with E-state index in [1.165, 1.54) is 4.90 Å². The summed E-state index contributed by atoms with van der Waals surface area (Å²) in [6.45, 7) is 0.446. The number of nitro groups is 1. The summed E-state index contributed by atoms with van der Waals surface area (Å²) in [6.07, 6.45) is -4.64. The maximum absolute atomic E-state index is 12.8. The van der Waals surface area contributed by atoms with Gasteiger partial charge in [-0.25, -0.2) is 0 Å². The number of benzene rings is 2. The van der Waals surface area contributed by atoms with Crippen molar-refractivity contribution < 1.29 is 22.9 Å². The van der Waals surface area contributed by atoms with Crippen LogP contribution < -0.4 is 10.2 Å². The van der Waals surface area contributed by atoms with Crippen molar-refractivity contribution in [3.05, 3.63) is 63.7 Å². The standard InChI is InChI=1S/C20H23F3N4O3/c1-25(2)16-7-4-14(5-8-16)13-26(3)19(28)10-11-24-17-9-6-15(20(21,22)23)12-18(17)27(29)30/h4-9,12,24H,10-11,13H2,1-3H3. The van der Waals surface area contributed by atoms with Gasteiger partial charge in [-0.1, -0.05) is 12.1 Å². The van der Waals surface area contributed by atoms with Gasteiger partial charge in [0, 0.05) is 52.4 Å². The second-order valence-electron chi connectivity index (χ2n) is 6.97. The fourth-order valence-corrected chi connectivity index (χ4v) is 2.77. The number of anilines is 2. The second-order valence-corrected chi connectivity index (χ2v) is 6.97. The molecular weight excluding hydrogens is 401 g/mol. The van der Waals surface area contributed by atoms with E-state index < -0.39 is 22.4 Å². The number of amides is 1. The van der Waals surface area contributed by atoms with E-state index in [2.05, 4.69) is 5.32 Å². The predicted molar refractivity (Wildman–Crippen MR) is 108 cm³/mol. The summed E-state index contributed by atoms with van der Waals surface area (Å²) in [5.41, 5.74) is 0.128. The van der Waals surface area contributed by atoms with Crippen molar-refractivity contribution in [2.45, 2.75) is 19.1 Å². The number of carbonyl (C=O) groups is 1. The number of alkyl halides is 3. The molecule has 0 heterocycles. The number of halogens is 3. The number of hydrogen-bond donors (Lipinski definition) is 1. The zero-order valence-corrected chi connectivity index (χ0v) is 16.9. The lowest BCUT2D eigenvalue weighted by atomic mass is 10.1. The van der Waals surface area contributed by atoms with Gasteiger partial charge in [-0.05, 0) is 29.8 Å². The van der Waals surface area contributed by atoms with E-state index in [1.54, 1.807) is 7.05 Å². The van der Waals surface area contributed by atoms with Crippen LogP contribution in [0.5, 0.6) is 0 Å². The normalized spacial score (nSPS) is 11.1. The van der Waals surface area contributed by atoms with Gasteiger partial charge in [0.2, 0.25) is 5.91 Å². The van der Waals surface area contributed by atoms with Gasteiger partial charge >= 0.3 is 6.18 Å². The molecular formula is C20H23F3N4O3. The van der Waals surface area contributed by atoms with Gasteiger partial charge in [-0.3, -0.25) is 14.9 Å². The van der Waals surface area contributed by atoms with Crippen LogP contribution in [0.4, 0.5) is 30.2 Å². The van der Waals surface area contributed by atoms with Crippen LogP contribution in [0.1, 0.15) is 17.5 Å². The molecule has 10 heteroatoms. The van der Waals surface area contributed by atoms with Crippen LogP contribution in [-0.4, -0.2) is 43.4 Å². The van der Waals surface area contributed by atoms with Crippen LogP contribution in [0.15, 0.2) is 42.5 Å². The highest BCUT2D eigenvalue weighted by molar-refractivity contribution is 5.76. The number of nitrogens with zero attached hydrogens (tertiary/aromatic N) is 3. The zero-order chi connectivity index (χ0) is 22.5. The Morgan fingerprint density at radius 2 is 1.73 bits per heavy atom. The summed E-state index contributed by atoms with van der Waals surface area (Å²) in [5.74, 6) is -0.200. The lowest BCUT2D eigenvalue weighted by Crippen LogP contribution is -2.27. The predicted octanol–water partition coefficient (Wildman–Crippen LogP) is 4.14. The molecule has 7 nitrogen and oxygen atoms in total. The molecule has 2 aromatic rings. The third kappa shape index (κ3) is 6.10. The highest BCUT2D eigenvalue weighted by Crippen LogP contribution is 2.34. The molecule has 0 saturated heterocycles. The van der Waals surface area contributed by atoms with Crippen molar-refractivity contribution in [2.75, 3.05) is 37.9 Å². The van der Waals surface area contributed by atoms with Gasteiger partial charge in [0.15, 0.2) is 0 Å². The summed E-state index contributed by atoms with van der Waals surface area (Å²) in [4.78, 5) is 26.0. The van der Waals surface area contributed by atoms with Crippen LogP contribution in [0, 0.1) is 10.1 Å². The van der Waals surface area contributed by atoms with Gasteiger partial charge in [0.25, 0.3) is 5.69 Å². The summed E-state index contributed by atoms with van der Waals surface area (Å²) in [5, 5.41) is 13.8. The van der Waals surface area contributed by atoms with Gasteiger partial charge in [-0.15, -0.1) is 0 Å². The Morgan fingerprint density at radius 1 is 1.10 bits per heavy atom. The van der Waals surface area contributed by atoms with Gasteiger partial charge in [0.05, 0.1) is 10.5 Å². The third-order valence-corrected chi connectivity index (χ3v) is 4.47. The molecule has 0 aliphatic carbocycles. The summed E-state index contributed by atoms with van der Waals surface area (Å²) in [6, 6.07) is 9.97. The molecule has 0 aliphatic rings. The summed E-state index contributed by atoms with van der Waals surface area (Å²) in [7, 11) is 5.50. The molecule has 1 N–H and O–H groups in total. The zero-order valence-electron chi connectivity index (χ0n) is 16.9. The fraction of sp³-hybridized carbons (Fsp3) is 0.350. The summed E-state index contributed by atoms with van der Waals surface area (Å²) >= 11 is 0. The Morgan fingerprint density at radius 3 is 2.27 bits per heavy atom. The first-order chi connectivity index (χ1) is 14.0. The van der Waals surface area contributed by atoms with Gasteiger partial charge < -0.3 is 15.1 Å². The quantitative estimate of drug-likeness (QED) is 0.509. The molecule has 0 radical (unpaired) electrons. The molecule has 162 valence electrons. The first kappa shape index (κ1) is 23.0.